The van der Waals surface area contributed by atoms with Gasteiger partial charge in [0.15, 0.2) is 0 Å². The Bertz CT molecular complexity index is 585. The first-order valence-corrected chi connectivity index (χ1v) is 7.57. The number of carbonyl (C=O) groups is 2. The minimum absolute atomic E-state index is 0.0176. The number of phenols is 1. The molecule has 0 spiro atoms. The van der Waals surface area contributed by atoms with E-state index in [9.17, 15) is 14.7 Å². The first-order chi connectivity index (χ1) is 10.6. The summed E-state index contributed by atoms with van der Waals surface area (Å²) in [5, 5.41) is 15.7. The van der Waals surface area contributed by atoms with Gasteiger partial charge in [-0.05, 0) is 31.0 Å². The molecule has 7 nitrogen and oxygen atoms in total. The maximum atomic E-state index is 11.6. The SMILES string of the molecule is O=C(NC[C@H]1CCCO1)C(=O)N/N=C/c1cc(Br)ccc1O. The largest absolute Gasteiger partial charge is 0.507 e. The van der Waals surface area contributed by atoms with Crippen molar-refractivity contribution in [3.63, 3.8) is 0 Å². The molecule has 2 amide bonds. The molecule has 22 heavy (non-hydrogen) atoms. The average molecular weight is 370 g/mol. The molecule has 0 bridgehead atoms. The van der Waals surface area contributed by atoms with Gasteiger partial charge < -0.3 is 15.2 Å². The summed E-state index contributed by atoms with van der Waals surface area (Å²) in [6, 6.07) is 4.79. The number of carbonyl (C=O) groups excluding carboxylic acids is 2. The number of hydrazone groups is 1. The van der Waals surface area contributed by atoms with Gasteiger partial charge in [0.2, 0.25) is 0 Å². The number of aromatic hydroxyl groups is 1. The molecule has 1 aliphatic rings. The average Bonchev–Trinajstić information content (AvgIpc) is 3.01. The Morgan fingerprint density at radius 3 is 3.00 bits per heavy atom. The van der Waals surface area contributed by atoms with Crippen molar-refractivity contribution in [2.45, 2.75) is 18.9 Å². The molecule has 1 atom stereocenters. The maximum absolute atomic E-state index is 11.6. The van der Waals surface area contributed by atoms with Crippen LogP contribution in [0.2, 0.25) is 0 Å². The van der Waals surface area contributed by atoms with E-state index >= 15 is 0 Å². The minimum Gasteiger partial charge on any atom is -0.507 e. The summed E-state index contributed by atoms with van der Waals surface area (Å²) in [6.45, 7) is 0.996. The van der Waals surface area contributed by atoms with Gasteiger partial charge in [0.25, 0.3) is 0 Å². The number of nitrogens with one attached hydrogen (secondary N) is 2. The number of rotatable bonds is 4. The molecule has 1 saturated heterocycles. The van der Waals surface area contributed by atoms with E-state index in [0.29, 0.717) is 18.7 Å². The predicted molar refractivity (Wildman–Crippen MR) is 83.5 cm³/mol. The molecule has 8 heteroatoms. The zero-order chi connectivity index (χ0) is 15.9. The third kappa shape index (κ3) is 4.81. The van der Waals surface area contributed by atoms with Crippen molar-refractivity contribution in [1.82, 2.24) is 10.7 Å². The van der Waals surface area contributed by atoms with Crippen molar-refractivity contribution in [3.05, 3.63) is 28.2 Å². The van der Waals surface area contributed by atoms with Gasteiger partial charge in [-0.3, -0.25) is 9.59 Å². The highest BCUT2D eigenvalue weighted by Crippen LogP contribution is 2.19. The summed E-state index contributed by atoms with van der Waals surface area (Å²) in [6.07, 6.45) is 3.07. The molecular weight excluding hydrogens is 354 g/mol. The molecule has 2 rings (SSSR count). The van der Waals surface area contributed by atoms with Crippen LogP contribution in [0.3, 0.4) is 0 Å². The second-order valence-electron chi connectivity index (χ2n) is 4.75. The third-order valence-corrected chi connectivity index (χ3v) is 3.57. The molecule has 1 aromatic carbocycles. The fraction of sp³-hybridized carbons (Fsp3) is 0.357. The lowest BCUT2D eigenvalue weighted by atomic mass is 10.2. The number of hydrogen-bond donors (Lipinski definition) is 3. The van der Waals surface area contributed by atoms with Crippen LogP contribution in [0.15, 0.2) is 27.8 Å². The number of amides is 2. The van der Waals surface area contributed by atoms with Crippen molar-refractivity contribution in [2.75, 3.05) is 13.2 Å². The lowest BCUT2D eigenvalue weighted by Gasteiger charge is -2.09. The third-order valence-electron chi connectivity index (χ3n) is 3.08. The Kier molecular flexibility index (Phi) is 5.91. The van der Waals surface area contributed by atoms with Gasteiger partial charge in [-0.2, -0.15) is 5.10 Å². The molecular formula is C14H16BrN3O4. The second-order valence-corrected chi connectivity index (χ2v) is 5.66. The molecule has 0 aliphatic carbocycles. The molecule has 1 fully saturated rings. The maximum Gasteiger partial charge on any atom is 0.329 e. The van der Waals surface area contributed by atoms with Crippen LogP contribution in [0.1, 0.15) is 18.4 Å². The van der Waals surface area contributed by atoms with E-state index in [-0.39, 0.29) is 11.9 Å². The highest BCUT2D eigenvalue weighted by atomic mass is 79.9. The Balaban J connectivity index is 1.79. The molecule has 0 aromatic heterocycles. The molecule has 1 aromatic rings. The fourth-order valence-electron chi connectivity index (χ4n) is 1.93. The van der Waals surface area contributed by atoms with Crippen LogP contribution in [0, 0.1) is 0 Å². The molecule has 0 unspecified atom stereocenters. The zero-order valence-corrected chi connectivity index (χ0v) is 13.3. The summed E-state index contributed by atoms with van der Waals surface area (Å²) in [5.41, 5.74) is 2.52. The smallest absolute Gasteiger partial charge is 0.329 e. The zero-order valence-electron chi connectivity index (χ0n) is 11.7. The van der Waals surface area contributed by atoms with Gasteiger partial charge in [-0.15, -0.1) is 0 Å². The number of benzene rings is 1. The quantitative estimate of drug-likeness (QED) is 0.417. The van der Waals surface area contributed by atoms with Crippen molar-refractivity contribution in [1.29, 1.82) is 0 Å². The van der Waals surface area contributed by atoms with Crippen molar-refractivity contribution < 1.29 is 19.4 Å². The molecule has 0 radical (unpaired) electrons. The van der Waals surface area contributed by atoms with Gasteiger partial charge in [-0.1, -0.05) is 15.9 Å². The Hall–Kier alpha value is -1.93. The minimum atomic E-state index is -0.872. The van der Waals surface area contributed by atoms with Gasteiger partial charge in [-0.25, -0.2) is 5.43 Å². The Morgan fingerprint density at radius 2 is 2.27 bits per heavy atom. The summed E-state index contributed by atoms with van der Waals surface area (Å²) < 4.78 is 6.09. The van der Waals surface area contributed by atoms with Crippen molar-refractivity contribution >= 4 is 34.0 Å². The number of nitrogens with zero attached hydrogens (tertiary/aromatic N) is 1. The van der Waals surface area contributed by atoms with Gasteiger partial charge in [0.1, 0.15) is 5.75 Å². The monoisotopic (exact) mass is 369 g/mol. The van der Waals surface area contributed by atoms with E-state index < -0.39 is 11.8 Å². The second kappa shape index (κ2) is 7.90. The van der Waals surface area contributed by atoms with Crippen LogP contribution < -0.4 is 10.7 Å². The number of hydrogen-bond acceptors (Lipinski definition) is 5. The lowest BCUT2D eigenvalue weighted by molar-refractivity contribution is -0.139. The van der Waals surface area contributed by atoms with Crippen LogP contribution >= 0.6 is 15.9 Å². The Morgan fingerprint density at radius 1 is 1.45 bits per heavy atom. The van der Waals surface area contributed by atoms with Crippen LogP contribution in [0.25, 0.3) is 0 Å². The summed E-state index contributed by atoms with van der Waals surface area (Å²) in [5.74, 6) is -1.63. The summed E-state index contributed by atoms with van der Waals surface area (Å²) in [4.78, 5) is 23.1. The number of phenolic OH excluding ortho intramolecular Hbond substituents is 1. The molecule has 118 valence electrons. The summed E-state index contributed by atoms with van der Waals surface area (Å²) in [7, 11) is 0. The van der Waals surface area contributed by atoms with Crippen LogP contribution in [-0.2, 0) is 14.3 Å². The highest BCUT2D eigenvalue weighted by molar-refractivity contribution is 9.10. The molecule has 1 heterocycles. The lowest BCUT2D eigenvalue weighted by Crippen LogP contribution is -2.41. The van der Waals surface area contributed by atoms with Gasteiger partial charge in [0.05, 0.1) is 12.3 Å². The number of halogens is 1. The molecule has 3 N–H and O–H groups in total. The van der Waals surface area contributed by atoms with Crippen LogP contribution in [0.5, 0.6) is 5.75 Å². The standard InChI is InChI=1S/C14H16BrN3O4/c15-10-3-4-12(19)9(6-10)7-17-18-14(21)13(20)16-8-11-2-1-5-22-11/h3-4,6-7,11,19H,1-2,5,8H2,(H,16,20)(H,18,21)/b17-7+/t11-/m1/s1. The first kappa shape index (κ1) is 16.4. The van der Waals surface area contributed by atoms with Crippen molar-refractivity contribution in [2.24, 2.45) is 5.10 Å². The van der Waals surface area contributed by atoms with E-state index in [1.807, 2.05) is 0 Å². The van der Waals surface area contributed by atoms with Gasteiger partial charge >= 0.3 is 11.8 Å². The van der Waals surface area contributed by atoms with Crippen LogP contribution in [-0.4, -0.2) is 42.4 Å². The van der Waals surface area contributed by atoms with Crippen molar-refractivity contribution in [3.8, 4) is 5.75 Å². The molecule has 1 aliphatic heterocycles. The van der Waals surface area contributed by atoms with Crippen LogP contribution in [0.4, 0.5) is 0 Å². The summed E-state index contributed by atoms with van der Waals surface area (Å²) >= 11 is 3.26. The predicted octanol–water partition coefficient (Wildman–Crippen LogP) is 0.900. The van der Waals surface area contributed by atoms with E-state index in [1.54, 1.807) is 12.1 Å². The molecule has 0 saturated carbocycles. The topological polar surface area (TPSA) is 100 Å². The highest BCUT2D eigenvalue weighted by Gasteiger charge is 2.18. The van der Waals surface area contributed by atoms with E-state index in [2.05, 4.69) is 31.8 Å². The fourth-order valence-corrected chi connectivity index (χ4v) is 2.31. The van der Waals surface area contributed by atoms with E-state index in [0.717, 1.165) is 17.3 Å². The van der Waals surface area contributed by atoms with E-state index in [1.165, 1.54) is 12.3 Å². The van der Waals surface area contributed by atoms with E-state index in [4.69, 9.17) is 4.74 Å². The normalized spacial score (nSPS) is 17.6. The Labute approximate surface area is 135 Å². The number of ether oxygens (including phenoxy) is 1. The van der Waals surface area contributed by atoms with Gasteiger partial charge in [0, 0.05) is 23.2 Å². The first-order valence-electron chi connectivity index (χ1n) is 6.77.